The van der Waals surface area contributed by atoms with E-state index in [4.69, 9.17) is 4.74 Å². The Labute approximate surface area is 132 Å². The molecule has 0 saturated carbocycles. The van der Waals surface area contributed by atoms with E-state index in [1.807, 2.05) is 25.1 Å². The van der Waals surface area contributed by atoms with E-state index in [1.54, 1.807) is 6.08 Å². The number of rotatable bonds is 4. The van der Waals surface area contributed by atoms with Gasteiger partial charge < -0.3 is 10.1 Å². The molecule has 1 aliphatic rings. The Kier molecular flexibility index (Phi) is 4.67. The summed E-state index contributed by atoms with van der Waals surface area (Å²) < 4.78 is 6.57. The predicted octanol–water partition coefficient (Wildman–Crippen LogP) is 3.15. The highest BCUT2D eigenvalue weighted by Crippen LogP contribution is 2.28. The number of hydrogen-bond donors (Lipinski definition) is 1. The first-order valence-corrected chi connectivity index (χ1v) is 7.48. The van der Waals surface area contributed by atoms with Crippen molar-refractivity contribution in [3.8, 4) is 5.75 Å². The maximum absolute atomic E-state index is 11.8. The first-order chi connectivity index (χ1) is 9.92. The van der Waals surface area contributed by atoms with Gasteiger partial charge in [0.1, 0.15) is 11.4 Å². The molecule has 0 radical (unpaired) electrons. The standard InChI is InChI=1S/C15H17BrN2O3/c1-4-9(2)21-13-6-5-10(7-11(13)16)8-12-14(19)18(3)15(20)17-12/h5-9H,4H2,1-3H3,(H,17,20)/b12-8+/t9-/m1/s1. The minimum atomic E-state index is -0.415. The van der Waals surface area contributed by atoms with E-state index in [1.165, 1.54) is 7.05 Å². The van der Waals surface area contributed by atoms with E-state index in [0.717, 1.165) is 27.1 Å². The van der Waals surface area contributed by atoms with Crippen LogP contribution in [0.3, 0.4) is 0 Å². The predicted molar refractivity (Wildman–Crippen MR) is 83.8 cm³/mol. The number of imide groups is 1. The lowest BCUT2D eigenvalue weighted by Gasteiger charge is -2.14. The Bertz CT molecular complexity index is 613. The van der Waals surface area contributed by atoms with Crippen LogP contribution in [0.1, 0.15) is 25.8 Å². The highest BCUT2D eigenvalue weighted by atomic mass is 79.9. The molecule has 5 nitrogen and oxygen atoms in total. The van der Waals surface area contributed by atoms with Crippen LogP contribution in [-0.2, 0) is 4.79 Å². The third-order valence-corrected chi connectivity index (χ3v) is 3.87. The van der Waals surface area contributed by atoms with Gasteiger partial charge in [0.2, 0.25) is 0 Å². The van der Waals surface area contributed by atoms with Gasteiger partial charge in [0.05, 0.1) is 10.6 Å². The van der Waals surface area contributed by atoms with Crippen LogP contribution in [-0.4, -0.2) is 30.0 Å². The van der Waals surface area contributed by atoms with Crippen molar-refractivity contribution in [2.24, 2.45) is 0 Å². The summed E-state index contributed by atoms with van der Waals surface area (Å²) in [4.78, 5) is 24.2. The average Bonchev–Trinajstić information content (AvgIpc) is 2.69. The minimum Gasteiger partial charge on any atom is -0.490 e. The maximum Gasteiger partial charge on any atom is 0.328 e. The number of amides is 3. The second-order valence-electron chi connectivity index (χ2n) is 4.88. The van der Waals surface area contributed by atoms with Crippen molar-refractivity contribution in [2.75, 3.05) is 7.05 Å². The van der Waals surface area contributed by atoms with Crippen molar-refractivity contribution >= 4 is 33.9 Å². The summed E-state index contributed by atoms with van der Waals surface area (Å²) in [6.07, 6.45) is 2.70. The molecule has 112 valence electrons. The van der Waals surface area contributed by atoms with E-state index in [0.29, 0.717) is 0 Å². The fourth-order valence-corrected chi connectivity index (χ4v) is 2.28. The number of urea groups is 1. The number of benzene rings is 1. The molecule has 0 aromatic heterocycles. The molecule has 0 bridgehead atoms. The monoisotopic (exact) mass is 352 g/mol. The lowest BCUT2D eigenvalue weighted by molar-refractivity contribution is -0.121. The fourth-order valence-electron chi connectivity index (χ4n) is 1.79. The number of carbonyl (C=O) groups excluding carboxylic acids is 2. The van der Waals surface area contributed by atoms with Gasteiger partial charge in [0.15, 0.2) is 0 Å². The van der Waals surface area contributed by atoms with E-state index in [2.05, 4.69) is 28.2 Å². The number of nitrogens with zero attached hydrogens (tertiary/aromatic N) is 1. The quantitative estimate of drug-likeness (QED) is 0.668. The highest BCUT2D eigenvalue weighted by Gasteiger charge is 2.29. The number of ether oxygens (including phenoxy) is 1. The summed E-state index contributed by atoms with van der Waals surface area (Å²) in [5, 5.41) is 2.53. The fraction of sp³-hybridized carbons (Fsp3) is 0.333. The Balaban J connectivity index is 2.21. The van der Waals surface area contributed by atoms with Crippen molar-refractivity contribution < 1.29 is 14.3 Å². The smallest absolute Gasteiger partial charge is 0.328 e. The van der Waals surface area contributed by atoms with Crippen molar-refractivity contribution in [3.05, 3.63) is 33.9 Å². The summed E-state index contributed by atoms with van der Waals surface area (Å²) >= 11 is 3.46. The van der Waals surface area contributed by atoms with Gasteiger partial charge in [-0.05, 0) is 53.0 Å². The van der Waals surface area contributed by atoms with E-state index in [-0.39, 0.29) is 17.7 Å². The van der Waals surface area contributed by atoms with Gasteiger partial charge in [-0.1, -0.05) is 13.0 Å². The summed E-state index contributed by atoms with van der Waals surface area (Å²) in [7, 11) is 1.44. The zero-order valence-electron chi connectivity index (χ0n) is 12.1. The normalized spacial score (nSPS) is 18.1. The van der Waals surface area contributed by atoms with Gasteiger partial charge in [0, 0.05) is 7.05 Å². The zero-order valence-corrected chi connectivity index (χ0v) is 13.7. The van der Waals surface area contributed by atoms with Gasteiger partial charge in [-0.2, -0.15) is 0 Å². The van der Waals surface area contributed by atoms with Gasteiger partial charge in [-0.25, -0.2) is 4.79 Å². The highest BCUT2D eigenvalue weighted by molar-refractivity contribution is 9.10. The molecule has 3 amide bonds. The second-order valence-corrected chi connectivity index (χ2v) is 5.73. The SMILES string of the molecule is CC[C@@H](C)Oc1ccc(/C=C2/NC(=O)N(C)C2=O)cc1Br. The molecule has 1 aromatic carbocycles. The molecule has 0 spiro atoms. The van der Waals surface area contributed by atoms with Crippen LogP contribution in [0.15, 0.2) is 28.4 Å². The van der Waals surface area contributed by atoms with Gasteiger partial charge in [-0.15, -0.1) is 0 Å². The van der Waals surface area contributed by atoms with Crippen LogP contribution in [0, 0.1) is 0 Å². The Hall–Kier alpha value is -1.82. The molecular formula is C15H17BrN2O3. The minimum absolute atomic E-state index is 0.134. The Morgan fingerprint density at radius 2 is 2.14 bits per heavy atom. The third-order valence-electron chi connectivity index (χ3n) is 3.25. The first kappa shape index (κ1) is 15.6. The van der Waals surface area contributed by atoms with Crippen molar-refractivity contribution in [3.63, 3.8) is 0 Å². The molecule has 1 N–H and O–H groups in total. The Morgan fingerprint density at radius 3 is 2.67 bits per heavy atom. The molecule has 1 saturated heterocycles. The zero-order chi connectivity index (χ0) is 15.6. The van der Waals surface area contributed by atoms with Gasteiger partial charge in [-0.3, -0.25) is 9.69 Å². The number of nitrogens with one attached hydrogen (secondary N) is 1. The molecule has 1 atom stereocenters. The lowest BCUT2D eigenvalue weighted by atomic mass is 10.2. The van der Waals surface area contributed by atoms with E-state index >= 15 is 0 Å². The molecule has 1 aliphatic heterocycles. The molecule has 21 heavy (non-hydrogen) atoms. The molecule has 1 fully saturated rings. The van der Waals surface area contributed by atoms with Crippen LogP contribution in [0.25, 0.3) is 6.08 Å². The number of carbonyl (C=O) groups is 2. The summed E-state index contributed by atoms with van der Waals surface area (Å²) in [5.41, 5.74) is 1.07. The van der Waals surface area contributed by atoms with Gasteiger partial charge >= 0.3 is 6.03 Å². The van der Waals surface area contributed by atoms with E-state index in [9.17, 15) is 9.59 Å². The number of likely N-dealkylation sites (N-methyl/N-ethyl adjacent to an activating group) is 1. The molecule has 1 heterocycles. The topological polar surface area (TPSA) is 58.6 Å². The molecule has 2 rings (SSSR count). The Morgan fingerprint density at radius 1 is 1.43 bits per heavy atom. The van der Waals surface area contributed by atoms with Crippen molar-refractivity contribution in [2.45, 2.75) is 26.4 Å². The van der Waals surface area contributed by atoms with Crippen LogP contribution in [0.5, 0.6) is 5.75 Å². The van der Waals surface area contributed by atoms with Crippen molar-refractivity contribution in [1.82, 2.24) is 10.2 Å². The third kappa shape index (κ3) is 3.44. The maximum atomic E-state index is 11.8. The van der Waals surface area contributed by atoms with Crippen LogP contribution in [0.4, 0.5) is 4.79 Å². The van der Waals surface area contributed by atoms with Crippen LogP contribution in [0.2, 0.25) is 0 Å². The molecule has 6 heteroatoms. The van der Waals surface area contributed by atoms with Crippen molar-refractivity contribution in [1.29, 1.82) is 0 Å². The summed E-state index contributed by atoms with van der Waals surface area (Å²) in [6, 6.07) is 5.12. The first-order valence-electron chi connectivity index (χ1n) is 6.69. The molecule has 0 unspecified atom stereocenters. The average molecular weight is 353 g/mol. The van der Waals surface area contributed by atoms with Crippen LogP contribution >= 0.6 is 15.9 Å². The molecule has 1 aromatic rings. The largest absolute Gasteiger partial charge is 0.490 e. The number of hydrogen-bond acceptors (Lipinski definition) is 3. The molecule has 0 aliphatic carbocycles. The van der Waals surface area contributed by atoms with E-state index < -0.39 is 6.03 Å². The van der Waals surface area contributed by atoms with Crippen LogP contribution < -0.4 is 10.1 Å². The van der Waals surface area contributed by atoms with Gasteiger partial charge in [0.25, 0.3) is 5.91 Å². The second kappa shape index (κ2) is 6.30. The lowest BCUT2D eigenvalue weighted by Crippen LogP contribution is -2.25. The summed E-state index contributed by atoms with van der Waals surface area (Å²) in [6.45, 7) is 4.06. The number of halogens is 1. The molecular weight excluding hydrogens is 336 g/mol. The summed E-state index contributed by atoms with van der Waals surface area (Å²) in [5.74, 6) is 0.418.